The van der Waals surface area contributed by atoms with Crippen LogP contribution in [0.15, 0.2) is 41.3 Å². The Kier molecular flexibility index (Phi) is 4.38. The second-order valence-corrected chi connectivity index (χ2v) is 6.36. The molecule has 0 bridgehead atoms. The summed E-state index contributed by atoms with van der Waals surface area (Å²) in [6, 6.07) is 7.99. The van der Waals surface area contributed by atoms with E-state index in [1.165, 1.54) is 11.8 Å². The van der Waals surface area contributed by atoms with Crippen LogP contribution >= 0.6 is 23.1 Å². The van der Waals surface area contributed by atoms with Crippen LogP contribution in [0.1, 0.15) is 6.92 Å². The van der Waals surface area contributed by atoms with Crippen molar-refractivity contribution in [2.75, 3.05) is 6.54 Å². The molecule has 18 heavy (non-hydrogen) atoms. The molecular formula is C13H14N2OS2. The van der Waals surface area contributed by atoms with Gasteiger partial charge < -0.3 is 5.32 Å². The number of carbonyl (C=O) groups is 1. The molecular weight excluding hydrogens is 264 g/mol. The number of para-hydroxylation sites is 1. The van der Waals surface area contributed by atoms with Crippen LogP contribution in [0.5, 0.6) is 0 Å². The summed E-state index contributed by atoms with van der Waals surface area (Å²) in [4.78, 5) is 16.2. The van der Waals surface area contributed by atoms with Crippen molar-refractivity contribution < 1.29 is 4.79 Å². The highest BCUT2D eigenvalue weighted by Gasteiger charge is 2.15. The Bertz CT molecular complexity index is 532. The van der Waals surface area contributed by atoms with Crippen LogP contribution in [0.2, 0.25) is 0 Å². The minimum Gasteiger partial charge on any atom is -0.352 e. The molecule has 1 N–H and O–H groups in total. The van der Waals surface area contributed by atoms with E-state index >= 15 is 0 Å². The number of nitrogens with one attached hydrogen (secondary N) is 1. The number of fused-ring (bicyclic) bond motifs is 1. The number of rotatable bonds is 5. The Balaban J connectivity index is 2.04. The van der Waals surface area contributed by atoms with Gasteiger partial charge >= 0.3 is 0 Å². The van der Waals surface area contributed by atoms with Gasteiger partial charge in [-0.2, -0.15) is 0 Å². The van der Waals surface area contributed by atoms with Gasteiger partial charge in [-0.15, -0.1) is 17.9 Å². The third-order valence-electron chi connectivity index (χ3n) is 2.34. The van der Waals surface area contributed by atoms with Crippen molar-refractivity contribution in [3.63, 3.8) is 0 Å². The van der Waals surface area contributed by atoms with E-state index in [0.29, 0.717) is 6.54 Å². The second kappa shape index (κ2) is 6.02. The molecule has 0 aliphatic rings. The average Bonchev–Trinajstić information content (AvgIpc) is 2.77. The van der Waals surface area contributed by atoms with Crippen molar-refractivity contribution in [2.24, 2.45) is 0 Å². The number of amides is 1. The SMILES string of the molecule is C=CCNC(=O)C(C)Sc1nc2ccccc2s1. The number of thiazole rings is 1. The molecule has 3 nitrogen and oxygen atoms in total. The summed E-state index contributed by atoms with van der Waals surface area (Å²) in [5, 5.41) is 2.64. The first-order valence-electron chi connectivity index (χ1n) is 5.61. The van der Waals surface area contributed by atoms with Crippen molar-refractivity contribution in [3.05, 3.63) is 36.9 Å². The van der Waals surface area contributed by atoms with Crippen molar-refractivity contribution in [1.82, 2.24) is 10.3 Å². The van der Waals surface area contributed by atoms with E-state index in [9.17, 15) is 4.79 Å². The van der Waals surface area contributed by atoms with E-state index in [-0.39, 0.29) is 11.2 Å². The highest BCUT2D eigenvalue weighted by Crippen LogP contribution is 2.31. The molecule has 1 unspecified atom stereocenters. The van der Waals surface area contributed by atoms with Gasteiger partial charge in [0.15, 0.2) is 4.34 Å². The number of aromatic nitrogens is 1. The van der Waals surface area contributed by atoms with Crippen molar-refractivity contribution in [3.8, 4) is 0 Å². The molecule has 1 heterocycles. The van der Waals surface area contributed by atoms with Crippen LogP contribution < -0.4 is 5.32 Å². The lowest BCUT2D eigenvalue weighted by Gasteiger charge is -2.08. The summed E-state index contributed by atoms with van der Waals surface area (Å²) in [5.74, 6) is 0.0131. The molecule has 0 spiro atoms. The van der Waals surface area contributed by atoms with Crippen LogP contribution in [0, 0.1) is 0 Å². The molecule has 1 atom stereocenters. The summed E-state index contributed by atoms with van der Waals surface area (Å²) in [5.41, 5.74) is 0.990. The van der Waals surface area contributed by atoms with Crippen molar-refractivity contribution in [2.45, 2.75) is 16.5 Å². The van der Waals surface area contributed by atoms with Gasteiger partial charge in [-0.25, -0.2) is 4.98 Å². The van der Waals surface area contributed by atoms with Gasteiger partial charge in [-0.3, -0.25) is 4.79 Å². The fourth-order valence-corrected chi connectivity index (χ4v) is 3.66. The van der Waals surface area contributed by atoms with Crippen LogP contribution in [-0.4, -0.2) is 22.7 Å². The quantitative estimate of drug-likeness (QED) is 0.675. The molecule has 5 heteroatoms. The van der Waals surface area contributed by atoms with E-state index < -0.39 is 0 Å². The van der Waals surface area contributed by atoms with E-state index in [0.717, 1.165) is 14.6 Å². The lowest BCUT2D eigenvalue weighted by atomic mass is 10.3. The van der Waals surface area contributed by atoms with Gasteiger partial charge in [0.05, 0.1) is 15.5 Å². The maximum atomic E-state index is 11.7. The molecule has 0 aliphatic carbocycles. The zero-order chi connectivity index (χ0) is 13.0. The third-order valence-corrected chi connectivity index (χ3v) is 4.57. The van der Waals surface area contributed by atoms with Gasteiger partial charge in [-0.05, 0) is 19.1 Å². The smallest absolute Gasteiger partial charge is 0.233 e. The largest absolute Gasteiger partial charge is 0.352 e. The lowest BCUT2D eigenvalue weighted by Crippen LogP contribution is -2.30. The van der Waals surface area contributed by atoms with Crippen LogP contribution in [0.4, 0.5) is 0 Å². The highest BCUT2D eigenvalue weighted by atomic mass is 32.2. The summed E-state index contributed by atoms with van der Waals surface area (Å²) in [7, 11) is 0. The Hall–Kier alpha value is -1.33. The fraction of sp³-hybridized carbons (Fsp3) is 0.231. The molecule has 2 aromatic rings. The van der Waals surface area contributed by atoms with E-state index in [2.05, 4.69) is 16.9 Å². The summed E-state index contributed by atoms with van der Waals surface area (Å²) >= 11 is 3.11. The van der Waals surface area contributed by atoms with E-state index in [1.807, 2.05) is 31.2 Å². The zero-order valence-electron chi connectivity index (χ0n) is 10.1. The number of hydrogen-bond acceptors (Lipinski definition) is 4. The third kappa shape index (κ3) is 3.11. The molecule has 1 aromatic heterocycles. The molecule has 2 rings (SSSR count). The predicted octanol–water partition coefficient (Wildman–Crippen LogP) is 3.08. The van der Waals surface area contributed by atoms with Crippen LogP contribution in [0.3, 0.4) is 0 Å². The number of hydrogen-bond donors (Lipinski definition) is 1. The maximum Gasteiger partial charge on any atom is 0.233 e. The molecule has 1 amide bonds. The molecule has 1 aromatic carbocycles. The number of nitrogens with zero attached hydrogens (tertiary/aromatic N) is 1. The predicted molar refractivity (Wildman–Crippen MR) is 78.1 cm³/mol. The zero-order valence-corrected chi connectivity index (χ0v) is 11.7. The van der Waals surface area contributed by atoms with Gasteiger partial charge in [-0.1, -0.05) is 30.0 Å². The van der Waals surface area contributed by atoms with Gasteiger partial charge in [0.25, 0.3) is 0 Å². The fourth-order valence-electron chi connectivity index (χ4n) is 1.42. The van der Waals surface area contributed by atoms with Gasteiger partial charge in [0, 0.05) is 6.54 Å². The minimum atomic E-state index is -0.148. The molecule has 94 valence electrons. The van der Waals surface area contributed by atoms with E-state index in [4.69, 9.17) is 0 Å². The topological polar surface area (TPSA) is 42.0 Å². The minimum absolute atomic E-state index is 0.0131. The standard InChI is InChI=1S/C13H14N2OS2/c1-3-8-14-12(16)9(2)17-13-15-10-6-4-5-7-11(10)18-13/h3-7,9H,1,8H2,2H3,(H,14,16). The number of carbonyl (C=O) groups excluding carboxylic acids is 1. The molecule has 0 saturated heterocycles. The maximum absolute atomic E-state index is 11.7. The van der Waals surface area contributed by atoms with Gasteiger partial charge in [0.2, 0.25) is 5.91 Å². The first kappa shape index (κ1) is 13.1. The number of thioether (sulfide) groups is 1. The Morgan fingerprint density at radius 3 is 3.11 bits per heavy atom. The Labute approximate surface area is 114 Å². The van der Waals surface area contributed by atoms with Crippen molar-refractivity contribution in [1.29, 1.82) is 0 Å². The average molecular weight is 278 g/mol. The van der Waals surface area contributed by atoms with Gasteiger partial charge in [0.1, 0.15) is 0 Å². The summed E-state index contributed by atoms with van der Waals surface area (Å²) in [6.07, 6.45) is 1.67. The second-order valence-electron chi connectivity index (χ2n) is 3.74. The van der Waals surface area contributed by atoms with Crippen LogP contribution in [0.25, 0.3) is 10.2 Å². The normalized spacial score (nSPS) is 12.3. The molecule has 0 fully saturated rings. The molecule has 0 saturated carbocycles. The Morgan fingerprint density at radius 2 is 2.39 bits per heavy atom. The number of benzene rings is 1. The first-order valence-corrected chi connectivity index (χ1v) is 7.31. The summed E-state index contributed by atoms with van der Waals surface area (Å²) in [6.45, 7) is 5.96. The molecule has 0 aliphatic heterocycles. The van der Waals surface area contributed by atoms with E-state index in [1.54, 1.807) is 17.4 Å². The first-order chi connectivity index (χ1) is 8.70. The summed E-state index contributed by atoms with van der Waals surface area (Å²) < 4.78 is 2.08. The monoisotopic (exact) mass is 278 g/mol. The highest BCUT2D eigenvalue weighted by molar-refractivity contribution is 8.02. The Morgan fingerprint density at radius 1 is 1.61 bits per heavy atom. The van der Waals surface area contributed by atoms with Crippen LogP contribution in [-0.2, 0) is 4.79 Å². The van der Waals surface area contributed by atoms with Crippen molar-refractivity contribution >= 4 is 39.2 Å². The molecule has 0 radical (unpaired) electrons. The lowest BCUT2D eigenvalue weighted by molar-refractivity contribution is -0.120.